The van der Waals surface area contributed by atoms with Gasteiger partial charge in [-0.1, -0.05) is 79.5 Å². The van der Waals surface area contributed by atoms with E-state index in [1.54, 1.807) is 0 Å². The van der Waals surface area contributed by atoms with Gasteiger partial charge in [0.1, 0.15) is 12.4 Å². The van der Waals surface area contributed by atoms with Crippen LogP contribution in [0.5, 0.6) is 5.75 Å². The Kier molecular flexibility index (Phi) is 8.53. The minimum Gasteiger partial charge on any atom is -0.492 e. The number of hydrogen-bond donors (Lipinski definition) is 1. The maximum Gasteiger partial charge on any atom is 0.119 e. The zero-order chi connectivity index (χ0) is 22.2. The fraction of sp³-hybridized carbons (Fsp3) is 0.333. The molecule has 164 valence electrons. The van der Waals surface area contributed by atoms with E-state index in [0.717, 1.165) is 42.1 Å². The smallest absolute Gasteiger partial charge is 0.119 e. The van der Waals surface area contributed by atoms with E-state index in [1.165, 1.54) is 5.56 Å². The summed E-state index contributed by atoms with van der Waals surface area (Å²) in [5.74, 6) is 0.639. The minimum absolute atomic E-state index is 0.204. The second-order valence-corrected chi connectivity index (χ2v) is 8.27. The van der Waals surface area contributed by atoms with Crippen LogP contribution in [0.3, 0.4) is 0 Å². The molecule has 0 amide bonds. The van der Waals surface area contributed by atoms with Crippen molar-refractivity contribution in [2.45, 2.75) is 32.8 Å². The highest BCUT2D eigenvalue weighted by molar-refractivity contribution is 6.30. The summed E-state index contributed by atoms with van der Waals surface area (Å²) in [5.41, 5.74) is 4.12. The van der Waals surface area contributed by atoms with Gasteiger partial charge in [-0.25, -0.2) is 0 Å². The SMILES string of the molecule is CCN(CC)CCOc1ccc(C(c2ccc(Cl)cc2)C(O)c2ccc(C)cc2)cc1. The lowest BCUT2D eigenvalue weighted by Crippen LogP contribution is -2.27. The first kappa shape index (κ1) is 23.3. The van der Waals surface area contributed by atoms with Crippen molar-refractivity contribution in [1.29, 1.82) is 0 Å². The Bertz CT molecular complexity index is 919. The molecule has 31 heavy (non-hydrogen) atoms. The van der Waals surface area contributed by atoms with E-state index in [9.17, 15) is 5.11 Å². The van der Waals surface area contributed by atoms with E-state index >= 15 is 0 Å². The molecule has 3 nitrogen and oxygen atoms in total. The normalized spacial score (nSPS) is 13.2. The molecule has 0 aromatic heterocycles. The van der Waals surface area contributed by atoms with Crippen LogP contribution in [0.4, 0.5) is 0 Å². The molecule has 4 heteroatoms. The highest BCUT2D eigenvalue weighted by Crippen LogP contribution is 2.38. The summed E-state index contributed by atoms with van der Waals surface area (Å²) in [5, 5.41) is 12.0. The average molecular weight is 438 g/mol. The van der Waals surface area contributed by atoms with Gasteiger partial charge in [0.25, 0.3) is 0 Å². The quantitative estimate of drug-likeness (QED) is 0.407. The molecule has 2 unspecified atom stereocenters. The molecule has 1 N–H and O–H groups in total. The van der Waals surface area contributed by atoms with Crippen LogP contribution in [0.25, 0.3) is 0 Å². The van der Waals surface area contributed by atoms with Gasteiger partial charge >= 0.3 is 0 Å². The van der Waals surface area contributed by atoms with Crippen molar-refractivity contribution in [3.8, 4) is 5.75 Å². The van der Waals surface area contributed by atoms with Gasteiger partial charge in [-0.3, -0.25) is 0 Å². The van der Waals surface area contributed by atoms with Crippen LogP contribution >= 0.6 is 11.6 Å². The van der Waals surface area contributed by atoms with Crippen LogP contribution in [-0.2, 0) is 0 Å². The van der Waals surface area contributed by atoms with Crippen LogP contribution in [-0.4, -0.2) is 36.2 Å². The molecule has 0 fully saturated rings. The Balaban J connectivity index is 1.82. The van der Waals surface area contributed by atoms with Gasteiger partial charge in [-0.05, 0) is 61.0 Å². The van der Waals surface area contributed by atoms with Gasteiger partial charge in [-0.15, -0.1) is 0 Å². The van der Waals surface area contributed by atoms with Crippen molar-refractivity contribution in [3.05, 3.63) is 100 Å². The van der Waals surface area contributed by atoms with Crippen molar-refractivity contribution in [2.75, 3.05) is 26.2 Å². The lowest BCUT2D eigenvalue weighted by Gasteiger charge is -2.25. The number of rotatable bonds is 10. The second kappa shape index (κ2) is 11.3. The monoisotopic (exact) mass is 437 g/mol. The standard InChI is InChI=1S/C27H32ClNO2/c1-4-29(5-2)18-19-31-25-16-12-22(13-17-25)26(21-10-14-24(28)15-11-21)27(30)23-8-6-20(3)7-9-23/h6-17,26-27,30H,4-5,18-19H2,1-3H3. The average Bonchev–Trinajstić information content (AvgIpc) is 2.79. The Morgan fingerprint density at radius 2 is 1.32 bits per heavy atom. The summed E-state index contributed by atoms with van der Waals surface area (Å²) in [6.45, 7) is 9.99. The topological polar surface area (TPSA) is 32.7 Å². The molecule has 0 saturated heterocycles. The van der Waals surface area contributed by atoms with Gasteiger partial charge in [-0.2, -0.15) is 0 Å². The van der Waals surface area contributed by atoms with Crippen LogP contribution < -0.4 is 4.74 Å². The summed E-state index contributed by atoms with van der Waals surface area (Å²) in [6.07, 6.45) is -0.670. The lowest BCUT2D eigenvalue weighted by atomic mass is 9.83. The molecule has 0 aliphatic heterocycles. The summed E-state index contributed by atoms with van der Waals surface area (Å²) in [7, 11) is 0. The molecular formula is C27H32ClNO2. The maximum absolute atomic E-state index is 11.3. The van der Waals surface area contributed by atoms with Gasteiger partial charge < -0.3 is 14.7 Å². The fourth-order valence-corrected chi connectivity index (χ4v) is 3.91. The molecule has 0 bridgehead atoms. The fourth-order valence-electron chi connectivity index (χ4n) is 3.79. The van der Waals surface area contributed by atoms with Crippen molar-refractivity contribution in [3.63, 3.8) is 0 Å². The zero-order valence-corrected chi connectivity index (χ0v) is 19.3. The summed E-state index contributed by atoms with van der Waals surface area (Å²) in [6, 6.07) is 23.8. The molecule has 0 radical (unpaired) electrons. The van der Waals surface area contributed by atoms with Crippen molar-refractivity contribution >= 4 is 11.6 Å². The Labute approximate surface area is 191 Å². The van der Waals surface area contributed by atoms with E-state index in [4.69, 9.17) is 16.3 Å². The first-order valence-electron chi connectivity index (χ1n) is 11.0. The van der Waals surface area contributed by atoms with Crippen molar-refractivity contribution in [1.82, 2.24) is 4.90 Å². The summed E-state index contributed by atoms with van der Waals surface area (Å²) in [4.78, 5) is 2.34. The molecule has 0 saturated carbocycles. The Morgan fingerprint density at radius 1 is 0.806 bits per heavy atom. The van der Waals surface area contributed by atoms with Crippen molar-refractivity contribution < 1.29 is 9.84 Å². The molecule has 0 aliphatic carbocycles. The third-order valence-electron chi connectivity index (χ3n) is 5.77. The summed E-state index contributed by atoms with van der Waals surface area (Å²) >= 11 is 6.11. The number of halogens is 1. The lowest BCUT2D eigenvalue weighted by molar-refractivity contribution is 0.159. The molecule has 0 heterocycles. The number of aryl methyl sites for hydroxylation is 1. The first-order valence-corrected chi connectivity index (χ1v) is 11.3. The van der Waals surface area contributed by atoms with Crippen LogP contribution in [0.2, 0.25) is 5.02 Å². The van der Waals surface area contributed by atoms with Crippen LogP contribution in [0.15, 0.2) is 72.8 Å². The number of aliphatic hydroxyl groups excluding tert-OH is 1. The third-order valence-corrected chi connectivity index (χ3v) is 6.03. The predicted molar refractivity (Wildman–Crippen MR) is 129 cm³/mol. The van der Waals surface area contributed by atoms with Gasteiger partial charge in [0.15, 0.2) is 0 Å². The molecule has 3 aromatic carbocycles. The third kappa shape index (κ3) is 6.33. The number of nitrogens with zero attached hydrogens (tertiary/aromatic N) is 1. The van der Waals surface area contributed by atoms with Crippen LogP contribution in [0, 0.1) is 6.92 Å². The Morgan fingerprint density at radius 3 is 1.87 bits per heavy atom. The summed E-state index contributed by atoms with van der Waals surface area (Å²) < 4.78 is 5.93. The van der Waals surface area contributed by atoms with E-state index in [1.807, 2.05) is 79.7 Å². The first-order chi connectivity index (χ1) is 15.0. The Hall–Kier alpha value is -2.33. The van der Waals surface area contributed by atoms with E-state index in [2.05, 4.69) is 18.7 Å². The predicted octanol–water partition coefficient (Wildman–Crippen LogP) is 6.23. The van der Waals surface area contributed by atoms with Gasteiger partial charge in [0.05, 0.1) is 6.10 Å². The number of likely N-dealkylation sites (N-methyl/N-ethyl adjacent to an activating group) is 1. The maximum atomic E-state index is 11.3. The van der Waals surface area contributed by atoms with E-state index < -0.39 is 6.10 Å². The molecule has 2 atom stereocenters. The van der Waals surface area contributed by atoms with E-state index in [0.29, 0.717) is 11.6 Å². The minimum atomic E-state index is -0.670. The molecule has 0 spiro atoms. The largest absolute Gasteiger partial charge is 0.492 e. The molecule has 3 aromatic rings. The number of benzene rings is 3. The highest BCUT2D eigenvalue weighted by atomic mass is 35.5. The van der Waals surface area contributed by atoms with Gasteiger partial charge in [0.2, 0.25) is 0 Å². The molecule has 3 rings (SSSR count). The number of ether oxygens (including phenoxy) is 1. The molecule has 0 aliphatic rings. The second-order valence-electron chi connectivity index (χ2n) is 7.83. The number of aliphatic hydroxyl groups is 1. The van der Waals surface area contributed by atoms with E-state index in [-0.39, 0.29) is 5.92 Å². The molecular weight excluding hydrogens is 406 g/mol. The van der Waals surface area contributed by atoms with Crippen molar-refractivity contribution in [2.24, 2.45) is 0 Å². The highest BCUT2D eigenvalue weighted by Gasteiger charge is 2.25. The van der Waals surface area contributed by atoms with Gasteiger partial charge in [0, 0.05) is 17.5 Å². The number of hydrogen-bond acceptors (Lipinski definition) is 3. The van der Waals surface area contributed by atoms with Crippen LogP contribution in [0.1, 0.15) is 48.1 Å². The zero-order valence-electron chi connectivity index (χ0n) is 18.6.